The smallest absolute Gasteiger partial charge is 0.264 e. The van der Waals surface area contributed by atoms with E-state index in [-0.39, 0.29) is 12.5 Å². The maximum absolute atomic E-state index is 11.9. The number of rotatable bonds is 6. The largest absolute Gasteiger partial charge is 0.350 e. The summed E-state index contributed by atoms with van der Waals surface area (Å²) >= 11 is 0. The summed E-state index contributed by atoms with van der Waals surface area (Å²) in [7, 11) is -4.16. The second-order valence-electron chi connectivity index (χ2n) is 4.53. The van der Waals surface area contributed by atoms with Crippen LogP contribution >= 0.6 is 0 Å². The standard InChI is InChI=1S/C10H19N3O5S/c1-7(14)12-9(3-5-19(16,17)18)10(15)13-8-2-4-11-6-8/h8-9,11H,2-6H2,1H3,(H,12,14)(H,13,15)(H,16,17,18)/t8-,9?/m0/s1. The molecule has 0 aromatic heterocycles. The van der Waals surface area contributed by atoms with Crippen molar-refractivity contribution in [2.75, 3.05) is 18.8 Å². The lowest BCUT2D eigenvalue weighted by molar-refractivity contribution is -0.128. The van der Waals surface area contributed by atoms with Gasteiger partial charge in [0.15, 0.2) is 0 Å². The zero-order valence-corrected chi connectivity index (χ0v) is 11.5. The van der Waals surface area contributed by atoms with Gasteiger partial charge in [0.05, 0.1) is 5.75 Å². The number of nitrogens with one attached hydrogen (secondary N) is 3. The molecule has 0 aromatic carbocycles. The van der Waals surface area contributed by atoms with Crippen molar-refractivity contribution < 1.29 is 22.6 Å². The van der Waals surface area contributed by atoms with Gasteiger partial charge in [-0.2, -0.15) is 8.42 Å². The number of hydrogen-bond donors (Lipinski definition) is 4. The molecular weight excluding hydrogens is 274 g/mol. The summed E-state index contributed by atoms with van der Waals surface area (Å²) in [6, 6.07) is -0.977. The lowest BCUT2D eigenvalue weighted by atomic mass is 10.2. The van der Waals surface area contributed by atoms with E-state index in [0.717, 1.165) is 13.0 Å². The van der Waals surface area contributed by atoms with Crippen LogP contribution in [0.2, 0.25) is 0 Å². The van der Waals surface area contributed by atoms with E-state index in [4.69, 9.17) is 4.55 Å². The topological polar surface area (TPSA) is 125 Å². The molecule has 0 spiro atoms. The Labute approximate surface area is 112 Å². The minimum atomic E-state index is -4.16. The highest BCUT2D eigenvalue weighted by molar-refractivity contribution is 7.85. The lowest BCUT2D eigenvalue weighted by Gasteiger charge is -2.19. The highest BCUT2D eigenvalue weighted by atomic mass is 32.2. The molecule has 1 aliphatic rings. The molecule has 0 aliphatic carbocycles. The quantitative estimate of drug-likeness (QED) is 0.430. The Morgan fingerprint density at radius 1 is 1.47 bits per heavy atom. The molecule has 110 valence electrons. The van der Waals surface area contributed by atoms with Gasteiger partial charge in [-0.25, -0.2) is 0 Å². The average Bonchev–Trinajstić information content (AvgIpc) is 2.75. The van der Waals surface area contributed by atoms with Crippen molar-refractivity contribution in [3.05, 3.63) is 0 Å². The Morgan fingerprint density at radius 3 is 2.63 bits per heavy atom. The van der Waals surface area contributed by atoms with Crippen LogP contribution in [0.5, 0.6) is 0 Å². The van der Waals surface area contributed by atoms with E-state index >= 15 is 0 Å². The van der Waals surface area contributed by atoms with E-state index in [1.165, 1.54) is 6.92 Å². The van der Waals surface area contributed by atoms with Crippen molar-refractivity contribution in [3.8, 4) is 0 Å². The molecule has 4 N–H and O–H groups in total. The monoisotopic (exact) mass is 293 g/mol. The summed E-state index contributed by atoms with van der Waals surface area (Å²) in [6.45, 7) is 2.70. The first-order valence-electron chi connectivity index (χ1n) is 6.01. The van der Waals surface area contributed by atoms with Gasteiger partial charge in [0.25, 0.3) is 10.1 Å². The number of hydrogen-bond acceptors (Lipinski definition) is 5. The van der Waals surface area contributed by atoms with Crippen LogP contribution in [-0.2, 0) is 19.7 Å². The van der Waals surface area contributed by atoms with E-state index < -0.39 is 33.7 Å². The van der Waals surface area contributed by atoms with Crippen LogP contribution in [0, 0.1) is 0 Å². The van der Waals surface area contributed by atoms with Crippen molar-refractivity contribution in [2.24, 2.45) is 0 Å². The van der Waals surface area contributed by atoms with Crippen LogP contribution in [0.4, 0.5) is 0 Å². The molecule has 9 heteroatoms. The zero-order valence-electron chi connectivity index (χ0n) is 10.7. The SMILES string of the molecule is CC(=O)NC(CCS(=O)(=O)O)C(=O)N[C@H]1CCNC1. The second kappa shape index (κ2) is 6.83. The normalized spacial score (nSPS) is 20.8. The first-order valence-corrected chi connectivity index (χ1v) is 7.62. The third-order valence-electron chi connectivity index (χ3n) is 2.77. The van der Waals surface area contributed by atoms with Gasteiger partial charge >= 0.3 is 0 Å². The molecule has 8 nitrogen and oxygen atoms in total. The summed E-state index contributed by atoms with van der Waals surface area (Å²) in [5.41, 5.74) is 0. The van der Waals surface area contributed by atoms with Crippen LogP contribution < -0.4 is 16.0 Å². The van der Waals surface area contributed by atoms with E-state index in [1.807, 2.05) is 0 Å². The average molecular weight is 293 g/mol. The highest BCUT2D eigenvalue weighted by Crippen LogP contribution is 2.01. The van der Waals surface area contributed by atoms with Gasteiger partial charge in [-0.05, 0) is 19.4 Å². The fourth-order valence-electron chi connectivity index (χ4n) is 1.86. The van der Waals surface area contributed by atoms with Crippen LogP contribution in [0.25, 0.3) is 0 Å². The van der Waals surface area contributed by atoms with Gasteiger partial charge in [-0.15, -0.1) is 0 Å². The number of carbonyl (C=O) groups is 2. The Kier molecular flexibility index (Phi) is 5.70. The molecule has 0 saturated carbocycles. The van der Waals surface area contributed by atoms with Crippen molar-refractivity contribution in [2.45, 2.75) is 31.8 Å². The first-order chi connectivity index (χ1) is 8.78. The van der Waals surface area contributed by atoms with Crippen molar-refractivity contribution in [3.63, 3.8) is 0 Å². The molecule has 19 heavy (non-hydrogen) atoms. The third-order valence-corrected chi connectivity index (χ3v) is 3.52. The summed E-state index contributed by atoms with van der Waals surface area (Å²) in [6.07, 6.45) is 0.626. The predicted molar refractivity (Wildman–Crippen MR) is 68.1 cm³/mol. The summed E-state index contributed by atoms with van der Waals surface area (Å²) in [5, 5.41) is 8.18. The maximum atomic E-state index is 11.9. The van der Waals surface area contributed by atoms with Gasteiger partial charge in [0, 0.05) is 19.5 Å². The van der Waals surface area contributed by atoms with Crippen molar-refractivity contribution in [1.82, 2.24) is 16.0 Å². The molecular formula is C10H19N3O5S. The maximum Gasteiger partial charge on any atom is 0.264 e. The van der Waals surface area contributed by atoms with Crippen molar-refractivity contribution >= 4 is 21.9 Å². The molecule has 1 aliphatic heterocycles. The number of amides is 2. The first kappa shape index (κ1) is 15.9. The fraction of sp³-hybridized carbons (Fsp3) is 0.800. The summed E-state index contributed by atoms with van der Waals surface area (Å²) in [5.74, 6) is -1.44. The van der Waals surface area contributed by atoms with E-state index in [9.17, 15) is 18.0 Å². The molecule has 2 amide bonds. The molecule has 1 unspecified atom stereocenters. The predicted octanol–water partition coefficient (Wildman–Crippen LogP) is -1.75. The Bertz CT molecular complexity index is 430. The van der Waals surface area contributed by atoms with Gasteiger partial charge in [-0.1, -0.05) is 0 Å². The Morgan fingerprint density at radius 2 is 2.16 bits per heavy atom. The lowest BCUT2D eigenvalue weighted by Crippen LogP contribution is -2.50. The molecule has 1 fully saturated rings. The zero-order chi connectivity index (χ0) is 14.5. The highest BCUT2D eigenvalue weighted by Gasteiger charge is 2.25. The third kappa shape index (κ3) is 6.50. The Balaban J connectivity index is 2.55. The van der Waals surface area contributed by atoms with Gasteiger partial charge < -0.3 is 16.0 Å². The van der Waals surface area contributed by atoms with E-state index in [2.05, 4.69) is 16.0 Å². The second-order valence-corrected chi connectivity index (χ2v) is 6.10. The van der Waals surface area contributed by atoms with E-state index in [0.29, 0.717) is 6.54 Å². The minimum absolute atomic E-state index is 0.0190. The Hall–Kier alpha value is -1.19. The minimum Gasteiger partial charge on any atom is -0.350 e. The fourth-order valence-corrected chi connectivity index (χ4v) is 2.39. The molecule has 0 aromatic rings. The summed E-state index contributed by atoms with van der Waals surface area (Å²) < 4.78 is 30.1. The molecule has 1 heterocycles. The molecule has 1 saturated heterocycles. The number of carbonyl (C=O) groups excluding carboxylic acids is 2. The van der Waals surface area contributed by atoms with Gasteiger partial charge in [0.1, 0.15) is 6.04 Å². The van der Waals surface area contributed by atoms with Gasteiger partial charge in [0.2, 0.25) is 11.8 Å². The molecule has 2 atom stereocenters. The molecule has 0 radical (unpaired) electrons. The molecule has 0 bridgehead atoms. The van der Waals surface area contributed by atoms with Crippen molar-refractivity contribution in [1.29, 1.82) is 0 Å². The van der Waals surface area contributed by atoms with Crippen LogP contribution in [0.1, 0.15) is 19.8 Å². The van der Waals surface area contributed by atoms with Crippen LogP contribution in [0.15, 0.2) is 0 Å². The summed E-state index contributed by atoms with van der Waals surface area (Å²) in [4.78, 5) is 22.9. The van der Waals surface area contributed by atoms with Crippen LogP contribution in [-0.4, -0.2) is 55.7 Å². The van der Waals surface area contributed by atoms with Crippen LogP contribution in [0.3, 0.4) is 0 Å². The van der Waals surface area contributed by atoms with E-state index in [1.54, 1.807) is 0 Å². The van der Waals surface area contributed by atoms with Gasteiger partial charge in [-0.3, -0.25) is 14.1 Å². The molecule has 1 rings (SSSR count).